The van der Waals surface area contributed by atoms with Crippen molar-refractivity contribution in [2.24, 2.45) is 0 Å². The van der Waals surface area contributed by atoms with Crippen LogP contribution in [0.4, 0.5) is 0 Å². The van der Waals surface area contributed by atoms with Crippen LogP contribution >= 0.6 is 0 Å². The van der Waals surface area contributed by atoms with Crippen molar-refractivity contribution in [1.82, 2.24) is 0 Å². The lowest BCUT2D eigenvalue weighted by molar-refractivity contribution is -0.152. The van der Waals surface area contributed by atoms with Gasteiger partial charge in [-0.3, -0.25) is 19.2 Å². The van der Waals surface area contributed by atoms with E-state index in [1.54, 1.807) is 0 Å². The Hall–Kier alpha value is -5.06. The summed E-state index contributed by atoms with van der Waals surface area (Å²) < 4.78 is 24.6. The maximum Gasteiger partial charge on any atom is 0.338 e. The fourth-order valence-corrected chi connectivity index (χ4v) is 2.70. The number of esters is 6. The van der Waals surface area contributed by atoms with Gasteiger partial charge in [-0.2, -0.15) is 0 Å². The third-order valence-electron chi connectivity index (χ3n) is 3.98. The molecule has 0 unspecified atom stereocenters. The molecule has 0 N–H and O–H groups in total. The molecule has 0 aliphatic carbocycles. The van der Waals surface area contributed by atoms with E-state index in [0.717, 1.165) is 12.2 Å². The molecule has 0 saturated carbocycles. The zero-order valence-electron chi connectivity index (χ0n) is 20.3. The molecule has 0 heterocycles. The molecule has 37 heavy (non-hydrogen) atoms. The molecule has 0 aromatic heterocycles. The molecule has 0 aliphatic rings. The van der Waals surface area contributed by atoms with Gasteiger partial charge >= 0.3 is 35.8 Å². The SMILES string of the molecule is CC(=O)Oc1ccc(C=CC(=O)OC(=O)C=Cc2ccc(OC(C)=O)c(OC(C)=O)c2)cc1OC(C)=O. The summed E-state index contributed by atoms with van der Waals surface area (Å²) in [5, 5.41) is 0. The van der Waals surface area contributed by atoms with Gasteiger partial charge < -0.3 is 23.7 Å². The molecule has 2 aromatic rings. The van der Waals surface area contributed by atoms with Crippen LogP contribution in [0.3, 0.4) is 0 Å². The van der Waals surface area contributed by atoms with Gasteiger partial charge in [0.2, 0.25) is 0 Å². The maximum atomic E-state index is 12.0. The number of benzene rings is 2. The molecule has 2 aromatic carbocycles. The van der Waals surface area contributed by atoms with Crippen LogP contribution in [0, 0.1) is 0 Å². The maximum absolute atomic E-state index is 12.0. The van der Waals surface area contributed by atoms with Crippen LogP contribution in [0.25, 0.3) is 12.2 Å². The van der Waals surface area contributed by atoms with Crippen LogP contribution in [0.15, 0.2) is 48.6 Å². The van der Waals surface area contributed by atoms with Crippen molar-refractivity contribution in [3.63, 3.8) is 0 Å². The minimum Gasteiger partial charge on any atom is -0.423 e. The van der Waals surface area contributed by atoms with Crippen LogP contribution in [0.2, 0.25) is 0 Å². The van der Waals surface area contributed by atoms with E-state index < -0.39 is 35.8 Å². The molecule has 0 aliphatic heterocycles. The first-order valence-corrected chi connectivity index (χ1v) is 10.6. The second kappa shape index (κ2) is 13.1. The summed E-state index contributed by atoms with van der Waals surface area (Å²) in [6, 6.07) is 8.41. The van der Waals surface area contributed by atoms with Gasteiger partial charge in [0, 0.05) is 39.8 Å². The van der Waals surface area contributed by atoms with E-state index in [-0.39, 0.29) is 23.0 Å². The van der Waals surface area contributed by atoms with Gasteiger partial charge in [0.05, 0.1) is 0 Å². The Morgan fingerprint density at radius 2 is 0.838 bits per heavy atom. The van der Waals surface area contributed by atoms with Crippen molar-refractivity contribution in [1.29, 1.82) is 0 Å². The smallest absolute Gasteiger partial charge is 0.338 e. The summed E-state index contributed by atoms with van der Waals surface area (Å²) >= 11 is 0. The van der Waals surface area contributed by atoms with Crippen molar-refractivity contribution in [3.05, 3.63) is 59.7 Å². The van der Waals surface area contributed by atoms with Gasteiger partial charge in [-0.15, -0.1) is 0 Å². The van der Waals surface area contributed by atoms with Crippen LogP contribution < -0.4 is 18.9 Å². The van der Waals surface area contributed by atoms with Crippen LogP contribution in [-0.4, -0.2) is 35.8 Å². The average Bonchev–Trinajstić information content (AvgIpc) is 2.78. The molecule has 192 valence electrons. The molecular weight excluding hydrogens is 488 g/mol. The summed E-state index contributed by atoms with van der Waals surface area (Å²) in [7, 11) is 0. The van der Waals surface area contributed by atoms with Crippen molar-refractivity contribution < 1.29 is 52.5 Å². The lowest BCUT2D eigenvalue weighted by Gasteiger charge is -2.09. The van der Waals surface area contributed by atoms with Crippen molar-refractivity contribution in [2.75, 3.05) is 0 Å². The summed E-state index contributed by atoms with van der Waals surface area (Å²) in [5.41, 5.74) is 0.774. The van der Waals surface area contributed by atoms with E-state index in [1.165, 1.54) is 76.2 Å². The largest absolute Gasteiger partial charge is 0.423 e. The molecule has 0 saturated heterocycles. The molecule has 2 rings (SSSR count). The topological polar surface area (TPSA) is 149 Å². The monoisotopic (exact) mass is 510 g/mol. The highest BCUT2D eigenvalue weighted by Gasteiger charge is 2.12. The van der Waals surface area contributed by atoms with Crippen LogP contribution in [0.1, 0.15) is 38.8 Å². The minimum absolute atomic E-state index is 0.0143. The van der Waals surface area contributed by atoms with Gasteiger partial charge in [-0.25, -0.2) is 9.59 Å². The highest BCUT2D eigenvalue weighted by molar-refractivity contribution is 6.00. The van der Waals surface area contributed by atoms with Crippen molar-refractivity contribution in [2.45, 2.75) is 27.7 Å². The Morgan fingerprint density at radius 1 is 0.514 bits per heavy atom. The van der Waals surface area contributed by atoms with Gasteiger partial charge in [0.25, 0.3) is 0 Å². The summed E-state index contributed by atoms with van der Waals surface area (Å²) in [6.07, 6.45) is 4.53. The van der Waals surface area contributed by atoms with E-state index in [2.05, 4.69) is 4.74 Å². The summed E-state index contributed by atoms with van der Waals surface area (Å²) in [5.74, 6) is -4.54. The Bertz CT molecular complexity index is 1200. The number of hydrogen-bond acceptors (Lipinski definition) is 11. The lowest BCUT2D eigenvalue weighted by Crippen LogP contribution is -2.08. The van der Waals surface area contributed by atoms with Crippen molar-refractivity contribution in [3.8, 4) is 23.0 Å². The van der Waals surface area contributed by atoms with Gasteiger partial charge in [-0.1, -0.05) is 12.1 Å². The number of carbonyl (C=O) groups is 6. The molecular formula is C26H22O11. The van der Waals surface area contributed by atoms with E-state index in [4.69, 9.17) is 18.9 Å². The fraction of sp³-hybridized carbons (Fsp3) is 0.154. The molecule has 0 bridgehead atoms. The molecule has 11 heteroatoms. The number of rotatable bonds is 8. The van der Waals surface area contributed by atoms with Crippen LogP contribution in [-0.2, 0) is 33.5 Å². The van der Waals surface area contributed by atoms with E-state index in [9.17, 15) is 28.8 Å². The summed E-state index contributed by atoms with van der Waals surface area (Å²) in [4.78, 5) is 69.0. The Labute approximate surface area is 211 Å². The molecule has 0 atom stereocenters. The fourth-order valence-electron chi connectivity index (χ4n) is 2.70. The second-order valence-corrected chi connectivity index (χ2v) is 7.19. The highest BCUT2D eigenvalue weighted by Crippen LogP contribution is 2.30. The van der Waals surface area contributed by atoms with E-state index in [0.29, 0.717) is 11.1 Å². The molecule has 0 fully saturated rings. The van der Waals surface area contributed by atoms with Crippen molar-refractivity contribution >= 4 is 48.0 Å². The minimum atomic E-state index is -0.987. The van der Waals surface area contributed by atoms with Crippen LogP contribution in [0.5, 0.6) is 23.0 Å². The number of ether oxygens (including phenoxy) is 5. The quantitative estimate of drug-likeness (QED) is 0.223. The Kier molecular flexibility index (Phi) is 10.0. The van der Waals surface area contributed by atoms with Gasteiger partial charge in [0.1, 0.15) is 0 Å². The molecule has 11 nitrogen and oxygen atoms in total. The highest BCUT2D eigenvalue weighted by atomic mass is 16.6. The Morgan fingerprint density at radius 3 is 1.16 bits per heavy atom. The molecule has 0 amide bonds. The van der Waals surface area contributed by atoms with Gasteiger partial charge in [-0.05, 0) is 47.5 Å². The number of carbonyl (C=O) groups excluding carboxylic acids is 6. The molecule has 0 radical (unpaired) electrons. The van der Waals surface area contributed by atoms with E-state index in [1.807, 2.05) is 0 Å². The first-order chi connectivity index (χ1) is 17.4. The van der Waals surface area contributed by atoms with E-state index >= 15 is 0 Å². The predicted molar refractivity (Wildman–Crippen MR) is 127 cm³/mol. The normalized spacial score (nSPS) is 10.6. The summed E-state index contributed by atoms with van der Waals surface area (Å²) in [6.45, 7) is 4.71. The zero-order valence-corrected chi connectivity index (χ0v) is 20.3. The lowest BCUT2D eigenvalue weighted by atomic mass is 10.2. The molecule has 0 spiro atoms. The van der Waals surface area contributed by atoms with Gasteiger partial charge in [0.15, 0.2) is 23.0 Å². The third kappa shape index (κ3) is 9.99. The standard InChI is InChI=1S/C26H22O11/c1-15(27)33-21-9-5-19(13-23(21)35-17(3)29)7-11-25(31)37-26(32)12-8-20-6-10-22(34-16(2)28)24(14-20)36-18(4)30/h5-14H,1-4H3. The third-order valence-corrected chi connectivity index (χ3v) is 3.98. The second-order valence-electron chi connectivity index (χ2n) is 7.19. The first kappa shape index (κ1) is 28.2. The number of hydrogen-bond donors (Lipinski definition) is 0. The Balaban J connectivity index is 2.08. The zero-order chi connectivity index (χ0) is 27.5. The average molecular weight is 510 g/mol. The first-order valence-electron chi connectivity index (χ1n) is 10.6. The predicted octanol–water partition coefficient (Wildman–Crippen LogP) is 3.18.